The molecule has 2 atom stereocenters. The summed E-state index contributed by atoms with van der Waals surface area (Å²) in [5.74, 6) is 2.48. The molecule has 2 unspecified atom stereocenters. The second-order valence-corrected chi connectivity index (χ2v) is 5.38. The van der Waals surface area contributed by atoms with Gasteiger partial charge in [-0.2, -0.15) is 0 Å². The number of rotatable bonds is 4. The minimum atomic E-state index is 0.0303. The third-order valence-corrected chi connectivity index (χ3v) is 4.07. The van der Waals surface area contributed by atoms with Crippen LogP contribution in [0, 0.1) is 0 Å². The highest BCUT2D eigenvalue weighted by atomic mass is 16.5. The summed E-state index contributed by atoms with van der Waals surface area (Å²) in [5.41, 5.74) is 2.45. The van der Waals surface area contributed by atoms with Crippen molar-refractivity contribution in [3.8, 4) is 5.75 Å². The maximum Gasteiger partial charge on any atom is 0.140 e. The topological polar surface area (TPSA) is 34.4 Å². The molecular weight excluding hydrogens is 250 g/mol. The number of ether oxygens (including phenoxy) is 1. The van der Waals surface area contributed by atoms with Crippen LogP contribution in [0.1, 0.15) is 49.2 Å². The van der Waals surface area contributed by atoms with Gasteiger partial charge >= 0.3 is 0 Å². The van der Waals surface area contributed by atoms with E-state index in [1.165, 1.54) is 11.1 Å². The summed E-state index contributed by atoms with van der Waals surface area (Å²) in [6.07, 6.45) is 2.89. The van der Waals surface area contributed by atoms with E-state index in [0.717, 1.165) is 31.0 Å². The highest BCUT2D eigenvalue weighted by Gasteiger charge is 2.24. The Kier molecular flexibility index (Phi) is 3.79. The van der Waals surface area contributed by atoms with Crippen LogP contribution in [0.5, 0.6) is 5.75 Å². The maximum atomic E-state index is 6.27. The molecule has 1 N–H and O–H groups in total. The lowest BCUT2D eigenvalue weighted by Gasteiger charge is -2.26. The molecule has 0 saturated heterocycles. The normalized spacial score (nSPS) is 19.4. The molecule has 1 aliphatic rings. The number of para-hydroxylation sites is 1. The Bertz CT molecular complexity index is 576. The molecule has 0 amide bonds. The number of fused-ring (bicyclic) bond motifs is 1. The van der Waals surface area contributed by atoms with E-state index in [0.29, 0.717) is 5.92 Å². The molecule has 1 aromatic carbocycles. The van der Waals surface area contributed by atoms with Crippen molar-refractivity contribution in [2.75, 3.05) is 6.54 Å². The molecule has 2 aromatic rings. The van der Waals surface area contributed by atoms with Crippen molar-refractivity contribution in [3.63, 3.8) is 0 Å². The van der Waals surface area contributed by atoms with E-state index in [2.05, 4.69) is 37.4 Å². The van der Waals surface area contributed by atoms with Crippen LogP contribution in [0.2, 0.25) is 0 Å². The van der Waals surface area contributed by atoms with Gasteiger partial charge in [-0.15, -0.1) is 0 Å². The fraction of sp³-hybridized carbons (Fsp3) is 0.412. The van der Waals surface area contributed by atoms with Crippen LogP contribution in [-0.2, 0) is 6.54 Å². The molecule has 20 heavy (non-hydrogen) atoms. The summed E-state index contributed by atoms with van der Waals surface area (Å²) in [7, 11) is 0. The quantitative estimate of drug-likeness (QED) is 0.912. The van der Waals surface area contributed by atoms with E-state index in [1.807, 2.05) is 12.1 Å². The lowest BCUT2D eigenvalue weighted by atomic mass is 9.97. The first-order chi connectivity index (χ1) is 9.79. The van der Waals surface area contributed by atoms with Gasteiger partial charge in [0, 0.05) is 12.1 Å². The lowest BCUT2D eigenvalue weighted by molar-refractivity contribution is 0.183. The van der Waals surface area contributed by atoms with Crippen LogP contribution in [-0.4, -0.2) is 6.54 Å². The van der Waals surface area contributed by atoms with Crippen LogP contribution in [0.3, 0.4) is 0 Å². The fourth-order valence-corrected chi connectivity index (χ4v) is 2.68. The monoisotopic (exact) mass is 271 g/mol. The van der Waals surface area contributed by atoms with E-state index in [-0.39, 0.29) is 6.10 Å². The number of benzene rings is 1. The molecule has 2 heterocycles. The van der Waals surface area contributed by atoms with Gasteiger partial charge in [-0.25, -0.2) is 0 Å². The SMILES string of the molecule is CCC(C)c1ccccc1OC1CNCc2occc21. The molecule has 0 fully saturated rings. The van der Waals surface area contributed by atoms with Crippen molar-refractivity contribution in [2.45, 2.75) is 38.8 Å². The summed E-state index contributed by atoms with van der Waals surface area (Å²) in [5, 5.41) is 3.34. The molecule has 0 bridgehead atoms. The van der Waals surface area contributed by atoms with Crippen molar-refractivity contribution in [2.24, 2.45) is 0 Å². The third-order valence-electron chi connectivity index (χ3n) is 4.07. The standard InChI is InChI=1S/C17H21NO2/c1-3-12(2)13-6-4-5-7-15(13)20-17-11-18-10-16-14(17)8-9-19-16/h4-9,12,17-18H,3,10-11H2,1-2H3. The number of nitrogens with one attached hydrogen (secondary N) is 1. The second kappa shape index (κ2) is 5.71. The van der Waals surface area contributed by atoms with Gasteiger partial charge in [0.1, 0.15) is 17.6 Å². The van der Waals surface area contributed by atoms with E-state index in [9.17, 15) is 0 Å². The molecule has 3 heteroatoms. The van der Waals surface area contributed by atoms with Crippen molar-refractivity contribution in [3.05, 3.63) is 53.5 Å². The van der Waals surface area contributed by atoms with Crippen LogP contribution >= 0.6 is 0 Å². The van der Waals surface area contributed by atoms with Crippen molar-refractivity contribution in [1.29, 1.82) is 0 Å². The van der Waals surface area contributed by atoms with E-state index in [4.69, 9.17) is 9.15 Å². The Hall–Kier alpha value is -1.74. The summed E-state index contributed by atoms with van der Waals surface area (Å²) in [4.78, 5) is 0. The predicted octanol–water partition coefficient (Wildman–Crippen LogP) is 4.02. The minimum Gasteiger partial charge on any atom is -0.484 e. The zero-order chi connectivity index (χ0) is 13.9. The fourth-order valence-electron chi connectivity index (χ4n) is 2.68. The zero-order valence-corrected chi connectivity index (χ0v) is 12.1. The van der Waals surface area contributed by atoms with Gasteiger partial charge in [0.05, 0.1) is 12.8 Å². The zero-order valence-electron chi connectivity index (χ0n) is 12.1. The van der Waals surface area contributed by atoms with Gasteiger partial charge in [0.15, 0.2) is 0 Å². The highest BCUT2D eigenvalue weighted by molar-refractivity contribution is 5.37. The predicted molar refractivity (Wildman–Crippen MR) is 78.9 cm³/mol. The highest BCUT2D eigenvalue weighted by Crippen LogP contribution is 2.33. The van der Waals surface area contributed by atoms with Crippen LogP contribution < -0.4 is 10.1 Å². The number of furan rings is 1. The largest absolute Gasteiger partial charge is 0.484 e. The van der Waals surface area contributed by atoms with Crippen molar-refractivity contribution < 1.29 is 9.15 Å². The van der Waals surface area contributed by atoms with Crippen LogP contribution in [0.25, 0.3) is 0 Å². The van der Waals surface area contributed by atoms with Gasteiger partial charge in [0.2, 0.25) is 0 Å². The molecule has 0 radical (unpaired) electrons. The van der Waals surface area contributed by atoms with E-state index >= 15 is 0 Å². The maximum absolute atomic E-state index is 6.27. The Morgan fingerprint density at radius 2 is 2.20 bits per heavy atom. The van der Waals surface area contributed by atoms with Gasteiger partial charge in [-0.1, -0.05) is 32.0 Å². The molecule has 1 aromatic heterocycles. The first-order valence-electron chi connectivity index (χ1n) is 7.32. The average molecular weight is 271 g/mol. The Balaban J connectivity index is 1.86. The van der Waals surface area contributed by atoms with E-state index in [1.54, 1.807) is 6.26 Å². The molecular formula is C17H21NO2. The first-order valence-corrected chi connectivity index (χ1v) is 7.32. The van der Waals surface area contributed by atoms with Gasteiger partial charge in [-0.3, -0.25) is 0 Å². The van der Waals surface area contributed by atoms with Crippen LogP contribution in [0.4, 0.5) is 0 Å². The van der Waals surface area contributed by atoms with Crippen molar-refractivity contribution in [1.82, 2.24) is 5.32 Å². The second-order valence-electron chi connectivity index (χ2n) is 5.38. The van der Waals surface area contributed by atoms with Crippen LogP contribution in [0.15, 0.2) is 41.0 Å². The number of hydrogen-bond acceptors (Lipinski definition) is 3. The van der Waals surface area contributed by atoms with Gasteiger partial charge in [-0.05, 0) is 30.0 Å². The van der Waals surface area contributed by atoms with Gasteiger partial charge < -0.3 is 14.5 Å². The summed E-state index contributed by atoms with van der Waals surface area (Å²) >= 11 is 0. The average Bonchev–Trinajstić information content (AvgIpc) is 2.96. The van der Waals surface area contributed by atoms with Crippen molar-refractivity contribution >= 4 is 0 Å². The van der Waals surface area contributed by atoms with Gasteiger partial charge in [0.25, 0.3) is 0 Å². The molecule has 0 saturated carbocycles. The summed E-state index contributed by atoms with van der Waals surface area (Å²) in [6.45, 7) is 6.05. The molecule has 106 valence electrons. The first kappa shape index (κ1) is 13.3. The molecule has 1 aliphatic heterocycles. The number of hydrogen-bond donors (Lipinski definition) is 1. The Morgan fingerprint density at radius 1 is 1.35 bits per heavy atom. The van der Waals surface area contributed by atoms with E-state index < -0.39 is 0 Å². The molecule has 0 aliphatic carbocycles. The molecule has 3 nitrogen and oxygen atoms in total. The lowest BCUT2D eigenvalue weighted by Crippen LogP contribution is -2.30. The molecule has 0 spiro atoms. The summed E-state index contributed by atoms with van der Waals surface area (Å²) in [6, 6.07) is 10.4. The minimum absolute atomic E-state index is 0.0303. The third kappa shape index (κ3) is 2.46. The smallest absolute Gasteiger partial charge is 0.140 e. The summed E-state index contributed by atoms with van der Waals surface area (Å²) < 4.78 is 11.8. The Morgan fingerprint density at radius 3 is 3.05 bits per heavy atom. The Labute approximate surface area is 119 Å². The molecule has 3 rings (SSSR count).